The number of fused-ring (bicyclic) bond motifs is 3. The number of carbonyl (C=O) groups is 1. The number of carbonyl (C=O) groups excluding carboxylic acids is 1. The second-order valence-corrected chi connectivity index (χ2v) is 11.4. The molecule has 9 nitrogen and oxygen atoms in total. The molecule has 4 aromatic rings. The molecule has 2 aliphatic rings. The number of rotatable bonds is 5. The second-order valence-electron chi connectivity index (χ2n) is 11.4. The van der Waals surface area contributed by atoms with Crippen LogP contribution in [0.1, 0.15) is 49.9 Å². The van der Waals surface area contributed by atoms with Gasteiger partial charge in [-0.05, 0) is 60.4 Å². The Kier molecular flexibility index (Phi) is 5.64. The van der Waals surface area contributed by atoms with Crippen LogP contribution in [0.25, 0.3) is 22.5 Å². The summed E-state index contributed by atoms with van der Waals surface area (Å²) < 4.78 is 4.84. The Morgan fingerprint density at radius 2 is 1.95 bits per heavy atom. The normalized spacial score (nSPS) is 16.4. The number of hydrogen-bond donors (Lipinski definition) is 2. The van der Waals surface area contributed by atoms with Crippen molar-refractivity contribution < 1.29 is 9.90 Å². The zero-order valence-corrected chi connectivity index (χ0v) is 21.8. The minimum atomic E-state index is -0.367. The number of anilines is 1. The molecule has 0 aromatic carbocycles. The van der Waals surface area contributed by atoms with E-state index >= 15 is 0 Å². The van der Waals surface area contributed by atoms with Crippen LogP contribution in [-0.4, -0.2) is 29.5 Å². The summed E-state index contributed by atoms with van der Waals surface area (Å²) >= 11 is 0. The summed E-state index contributed by atoms with van der Waals surface area (Å²) in [7, 11) is 1.62. The lowest BCUT2D eigenvalue weighted by atomic mass is 9.85. The van der Waals surface area contributed by atoms with Crippen molar-refractivity contribution in [3.63, 3.8) is 0 Å². The van der Waals surface area contributed by atoms with Crippen molar-refractivity contribution in [1.29, 1.82) is 0 Å². The van der Waals surface area contributed by atoms with Gasteiger partial charge < -0.3 is 19.4 Å². The molecule has 0 bridgehead atoms. The van der Waals surface area contributed by atoms with E-state index in [-0.39, 0.29) is 40.7 Å². The molecule has 4 heterocycles. The predicted molar refractivity (Wildman–Crippen MR) is 145 cm³/mol. The zero-order chi connectivity index (χ0) is 26.8. The van der Waals surface area contributed by atoms with E-state index in [2.05, 4.69) is 24.1 Å². The molecule has 1 saturated carbocycles. The van der Waals surface area contributed by atoms with Crippen LogP contribution in [0.3, 0.4) is 0 Å². The first kappa shape index (κ1) is 24.4. The van der Waals surface area contributed by atoms with Gasteiger partial charge in [-0.3, -0.25) is 19.0 Å². The average molecular weight is 514 g/mol. The summed E-state index contributed by atoms with van der Waals surface area (Å²) in [6.45, 7) is 4.09. The molecule has 196 valence electrons. The maximum atomic E-state index is 13.6. The minimum Gasteiger partial charge on any atom is -0.392 e. The smallest absolute Gasteiger partial charge is 0.280 e. The van der Waals surface area contributed by atoms with Crippen molar-refractivity contribution in [2.75, 3.05) is 5.32 Å². The summed E-state index contributed by atoms with van der Waals surface area (Å²) in [5, 5.41) is 13.2. The van der Waals surface area contributed by atoms with E-state index in [0.717, 1.165) is 32.1 Å². The monoisotopic (exact) mass is 513 g/mol. The number of hydrogen-bond acceptors (Lipinski definition) is 5. The summed E-state index contributed by atoms with van der Waals surface area (Å²) in [5.41, 5.74) is 4.47. The molecule has 0 atom stereocenters. The van der Waals surface area contributed by atoms with E-state index in [9.17, 15) is 19.5 Å². The van der Waals surface area contributed by atoms with Crippen molar-refractivity contribution in [3.8, 4) is 16.9 Å². The lowest BCUT2D eigenvalue weighted by Gasteiger charge is -2.24. The van der Waals surface area contributed by atoms with Crippen LogP contribution >= 0.6 is 0 Å². The molecule has 0 radical (unpaired) electrons. The molecule has 6 rings (SSSR count). The molecule has 0 saturated heterocycles. The summed E-state index contributed by atoms with van der Waals surface area (Å²) in [5.74, 6) is 0.117. The maximum Gasteiger partial charge on any atom is 0.280 e. The molecular weight excluding hydrogens is 482 g/mol. The molecule has 1 amide bonds. The van der Waals surface area contributed by atoms with Crippen LogP contribution in [0.5, 0.6) is 0 Å². The molecule has 2 N–H and O–H groups in total. The molecule has 0 unspecified atom stereocenters. The van der Waals surface area contributed by atoms with Gasteiger partial charge in [0, 0.05) is 54.6 Å². The Bertz CT molecular complexity index is 1720. The fourth-order valence-electron chi connectivity index (χ4n) is 5.80. The van der Waals surface area contributed by atoms with Crippen molar-refractivity contribution in [2.24, 2.45) is 18.4 Å². The first-order chi connectivity index (χ1) is 18.2. The van der Waals surface area contributed by atoms with Gasteiger partial charge in [0.1, 0.15) is 17.0 Å². The van der Waals surface area contributed by atoms with Gasteiger partial charge in [0.15, 0.2) is 0 Å². The van der Waals surface area contributed by atoms with Gasteiger partial charge in [0.05, 0.1) is 6.61 Å². The van der Waals surface area contributed by atoms with Gasteiger partial charge in [0.25, 0.3) is 11.1 Å². The highest BCUT2D eigenvalue weighted by atomic mass is 16.3. The van der Waals surface area contributed by atoms with E-state index in [1.54, 1.807) is 37.8 Å². The number of aliphatic hydroxyl groups excluding tert-OH is 1. The molecule has 38 heavy (non-hydrogen) atoms. The number of aromatic nitrogens is 4. The van der Waals surface area contributed by atoms with Gasteiger partial charge >= 0.3 is 0 Å². The third kappa shape index (κ3) is 3.89. The number of aliphatic hydroxyl groups is 1. The Labute approximate surface area is 219 Å². The van der Waals surface area contributed by atoms with Crippen LogP contribution in [0.15, 0.2) is 52.6 Å². The summed E-state index contributed by atoms with van der Waals surface area (Å²) in [6.07, 6.45) is 11.3. The van der Waals surface area contributed by atoms with Gasteiger partial charge in [-0.2, -0.15) is 0 Å². The van der Waals surface area contributed by atoms with Crippen molar-refractivity contribution in [3.05, 3.63) is 80.5 Å². The molecule has 2 aliphatic carbocycles. The fraction of sp³-hybridized carbons (Fsp3) is 0.379. The molecular formula is C29H31N5O4. The van der Waals surface area contributed by atoms with Crippen molar-refractivity contribution in [2.45, 2.75) is 52.6 Å². The second kappa shape index (κ2) is 8.80. The number of aryl methyl sites for hydroxylation is 1. The number of nitrogens with zero attached hydrogens (tertiary/aromatic N) is 4. The Morgan fingerprint density at radius 1 is 1.16 bits per heavy atom. The van der Waals surface area contributed by atoms with Gasteiger partial charge in [0.2, 0.25) is 5.91 Å². The molecule has 9 heteroatoms. The third-order valence-electron chi connectivity index (χ3n) is 8.00. The molecule has 0 aliphatic heterocycles. The number of pyridine rings is 2. The van der Waals surface area contributed by atoms with Crippen LogP contribution in [0, 0.1) is 11.3 Å². The highest BCUT2D eigenvalue weighted by molar-refractivity contribution is 5.93. The van der Waals surface area contributed by atoms with Crippen molar-refractivity contribution >= 4 is 17.1 Å². The highest BCUT2D eigenvalue weighted by Gasteiger charge is 2.32. The number of nitrogens with one attached hydrogen (secondary N) is 1. The Morgan fingerprint density at radius 3 is 2.66 bits per heavy atom. The number of amides is 1. The van der Waals surface area contributed by atoms with Crippen LogP contribution in [0.2, 0.25) is 0 Å². The van der Waals surface area contributed by atoms with Crippen LogP contribution < -0.4 is 16.4 Å². The fourth-order valence-corrected chi connectivity index (χ4v) is 5.80. The van der Waals surface area contributed by atoms with Gasteiger partial charge in [-0.15, -0.1) is 0 Å². The molecule has 0 spiro atoms. The third-order valence-corrected chi connectivity index (χ3v) is 8.00. The maximum absolute atomic E-state index is 13.6. The van der Waals surface area contributed by atoms with E-state index in [1.807, 2.05) is 16.7 Å². The average Bonchev–Trinajstić information content (AvgIpc) is 3.32. The largest absolute Gasteiger partial charge is 0.392 e. The molecule has 4 aromatic heterocycles. The Balaban J connectivity index is 1.44. The van der Waals surface area contributed by atoms with Crippen LogP contribution in [0.4, 0.5) is 5.69 Å². The predicted octanol–water partition coefficient (Wildman–Crippen LogP) is 3.21. The van der Waals surface area contributed by atoms with Gasteiger partial charge in [-0.25, -0.2) is 4.98 Å². The van der Waals surface area contributed by atoms with Crippen molar-refractivity contribution in [1.82, 2.24) is 18.5 Å². The Hall–Kier alpha value is -3.98. The minimum absolute atomic E-state index is 0.0628. The van der Waals surface area contributed by atoms with Crippen LogP contribution in [-0.2, 0) is 31.3 Å². The lowest BCUT2D eigenvalue weighted by Crippen LogP contribution is -2.31. The summed E-state index contributed by atoms with van der Waals surface area (Å²) in [6, 6.07) is 5.34. The lowest BCUT2D eigenvalue weighted by molar-refractivity contribution is -0.122. The van der Waals surface area contributed by atoms with E-state index in [0.29, 0.717) is 28.0 Å². The van der Waals surface area contributed by atoms with Gasteiger partial charge in [-0.1, -0.05) is 20.3 Å². The van der Waals surface area contributed by atoms with E-state index < -0.39 is 0 Å². The standard InChI is InChI=1S/C29H31N5O4/c1-29(2)13-18-12-23-28(38)34(10-9-33(23)24(18)14-29)25-21(16-35)20(7-8-30-25)19-11-22(27(37)32(3)15-19)31-26(36)17-5-4-6-17/h7-12,15,17,35H,4-6,13-14,16H2,1-3H3,(H,31,36). The first-order valence-electron chi connectivity index (χ1n) is 13.0. The SMILES string of the molecule is Cn1cc(-c2ccnc(-n3ccn4c5c(cc4c3=O)CC(C)(C)C5)c2CO)cc(NC(=O)C2CCC2)c1=O. The van der Waals surface area contributed by atoms with E-state index in [1.165, 1.54) is 20.4 Å². The summed E-state index contributed by atoms with van der Waals surface area (Å²) in [4.78, 5) is 43.4. The topological polar surface area (TPSA) is 111 Å². The molecule has 1 fully saturated rings. The quantitative estimate of drug-likeness (QED) is 0.426. The highest BCUT2D eigenvalue weighted by Crippen LogP contribution is 2.37. The first-order valence-corrected chi connectivity index (χ1v) is 13.0. The zero-order valence-electron chi connectivity index (χ0n) is 21.8. The van der Waals surface area contributed by atoms with E-state index in [4.69, 9.17) is 0 Å².